The zero-order valence-electron chi connectivity index (χ0n) is 9.45. The molecular formula is C11H19NO3. The van der Waals surface area contributed by atoms with Crippen molar-refractivity contribution in [2.75, 3.05) is 13.1 Å². The fraction of sp³-hybridized carbons (Fsp3) is 0.818. The predicted octanol–water partition coefficient (Wildman–Crippen LogP) is 0.729. The number of amides is 1. The monoisotopic (exact) mass is 213 g/mol. The second-order valence-electron chi connectivity index (χ2n) is 4.58. The van der Waals surface area contributed by atoms with E-state index in [0.29, 0.717) is 38.8 Å². The highest BCUT2D eigenvalue weighted by atomic mass is 16.3. The van der Waals surface area contributed by atoms with Gasteiger partial charge in [-0.3, -0.25) is 4.79 Å². The van der Waals surface area contributed by atoms with Gasteiger partial charge in [-0.05, 0) is 26.7 Å². The Labute approximate surface area is 90.3 Å². The lowest BCUT2D eigenvalue weighted by atomic mass is 9.93. The van der Waals surface area contributed by atoms with Crippen molar-refractivity contribution >= 4 is 11.7 Å². The second-order valence-corrected chi connectivity index (χ2v) is 4.58. The minimum absolute atomic E-state index is 0.0284. The van der Waals surface area contributed by atoms with Gasteiger partial charge in [0.25, 0.3) is 0 Å². The van der Waals surface area contributed by atoms with Crippen molar-refractivity contribution in [2.24, 2.45) is 0 Å². The minimum atomic E-state index is -0.628. The van der Waals surface area contributed by atoms with E-state index in [0.717, 1.165) is 0 Å². The summed E-state index contributed by atoms with van der Waals surface area (Å²) in [5.41, 5.74) is -0.628. The van der Waals surface area contributed by atoms with Gasteiger partial charge in [-0.2, -0.15) is 0 Å². The number of ketones is 1. The summed E-state index contributed by atoms with van der Waals surface area (Å²) in [6.45, 7) is 4.49. The van der Waals surface area contributed by atoms with Crippen LogP contribution in [0.15, 0.2) is 0 Å². The molecule has 1 N–H and O–H groups in total. The molecule has 1 aliphatic rings. The third kappa shape index (κ3) is 4.00. The van der Waals surface area contributed by atoms with E-state index in [4.69, 9.17) is 0 Å². The van der Waals surface area contributed by atoms with Crippen LogP contribution in [0.2, 0.25) is 0 Å². The first-order valence-corrected chi connectivity index (χ1v) is 5.40. The smallest absolute Gasteiger partial charge is 0.223 e. The standard InChI is InChI=1S/C11H19NO3/c1-9(13)3-4-10(14)12-7-5-11(2,15)6-8-12/h15H,3-8H2,1-2H3. The van der Waals surface area contributed by atoms with E-state index in [9.17, 15) is 14.7 Å². The predicted molar refractivity (Wildman–Crippen MR) is 56.4 cm³/mol. The molecule has 1 heterocycles. The zero-order valence-corrected chi connectivity index (χ0v) is 9.45. The molecule has 1 amide bonds. The molecule has 0 aromatic rings. The van der Waals surface area contributed by atoms with Gasteiger partial charge in [0.15, 0.2) is 0 Å². The highest BCUT2D eigenvalue weighted by Crippen LogP contribution is 2.21. The molecule has 1 aliphatic heterocycles. The van der Waals surface area contributed by atoms with E-state index >= 15 is 0 Å². The lowest BCUT2D eigenvalue weighted by Crippen LogP contribution is -2.45. The van der Waals surface area contributed by atoms with E-state index in [-0.39, 0.29) is 11.7 Å². The van der Waals surface area contributed by atoms with Crippen molar-refractivity contribution in [1.29, 1.82) is 0 Å². The second kappa shape index (κ2) is 4.75. The first-order valence-electron chi connectivity index (χ1n) is 5.40. The molecule has 0 saturated carbocycles. The fourth-order valence-corrected chi connectivity index (χ4v) is 1.68. The lowest BCUT2D eigenvalue weighted by Gasteiger charge is -2.35. The van der Waals surface area contributed by atoms with Crippen molar-refractivity contribution in [3.63, 3.8) is 0 Å². The largest absolute Gasteiger partial charge is 0.390 e. The number of likely N-dealkylation sites (tertiary alicyclic amines) is 1. The number of rotatable bonds is 3. The summed E-state index contributed by atoms with van der Waals surface area (Å²) in [5.74, 6) is 0.0769. The van der Waals surface area contributed by atoms with Crippen LogP contribution in [0.5, 0.6) is 0 Å². The molecule has 15 heavy (non-hydrogen) atoms. The summed E-state index contributed by atoms with van der Waals surface area (Å²) in [6.07, 6.45) is 1.88. The van der Waals surface area contributed by atoms with E-state index in [1.165, 1.54) is 6.92 Å². The van der Waals surface area contributed by atoms with Gasteiger partial charge < -0.3 is 14.8 Å². The van der Waals surface area contributed by atoms with Crippen LogP contribution in [0.1, 0.15) is 39.5 Å². The SMILES string of the molecule is CC(=O)CCC(=O)N1CCC(C)(O)CC1. The maximum atomic E-state index is 11.6. The first-order chi connectivity index (χ1) is 6.91. The molecule has 0 aliphatic carbocycles. The molecule has 0 aromatic carbocycles. The van der Waals surface area contributed by atoms with Crippen molar-refractivity contribution < 1.29 is 14.7 Å². The molecule has 1 saturated heterocycles. The van der Waals surface area contributed by atoms with Crippen LogP contribution in [-0.2, 0) is 9.59 Å². The Hall–Kier alpha value is -0.900. The number of piperidine rings is 1. The van der Waals surface area contributed by atoms with Gasteiger partial charge in [-0.15, -0.1) is 0 Å². The molecule has 86 valence electrons. The Morgan fingerprint density at radius 3 is 2.27 bits per heavy atom. The fourth-order valence-electron chi connectivity index (χ4n) is 1.68. The van der Waals surface area contributed by atoms with E-state index in [1.54, 1.807) is 11.8 Å². The number of Topliss-reactive ketones (excluding diaryl/α,β-unsaturated/α-hetero) is 1. The summed E-state index contributed by atoms with van der Waals surface area (Å²) in [4.78, 5) is 24.1. The molecule has 1 fully saturated rings. The molecule has 0 unspecified atom stereocenters. The van der Waals surface area contributed by atoms with Crippen LogP contribution in [0.4, 0.5) is 0 Å². The zero-order chi connectivity index (χ0) is 11.5. The van der Waals surface area contributed by atoms with Gasteiger partial charge in [0.1, 0.15) is 5.78 Å². The van der Waals surface area contributed by atoms with Crippen LogP contribution >= 0.6 is 0 Å². The summed E-state index contributed by atoms with van der Waals surface area (Å²) in [7, 11) is 0. The molecule has 0 atom stereocenters. The van der Waals surface area contributed by atoms with E-state index < -0.39 is 5.60 Å². The molecule has 1 rings (SSSR count). The molecule has 4 heteroatoms. The Bertz CT molecular complexity index is 251. The van der Waals surface area contributed by atoms with Gasteiger partial charge in [0, 0.05) is 25.9 Å². The average molecular weight is 213 g/mol. The molecule has 0 spiro atoms. The Morgan fingerprint density at radius 1 is 1.27 bits per heavy atom. The van der Waals surface area contributed by atoms with Crippen LogP contribution in [0.3, 0.4) is 0 Å². The first kappa shape index (κ1) is 12.2. The van der Waals surface area contributed by atoms with Crippen molar-refractivity contribution in [1.82, 2.24) is 4.90 Å². The van der Waals surface area contributed by atoms with Crippen molar-refractivity contribution in [2.45, 2.75) is 45.1 Å². The van der Waals surface area contributed by atoms with Crippen LogP contribution in [0, 0.1) is 0 Å². The van der Waals surface area contributed by atoms with Gasteiger partial charge in [0.2, 0.25) is 5.91 Å². The molecule has 4 nitrogen and oxygen atoms in total. The van der Waals surface area contributed by atoms with Crippen LogP contribution in [-0.4, -0.2) is 40.4 Å². The molecule has 0 radical (unpaired) electrons. The Balaban J connectivity index is 2.33. The maximum absolute atomic E-state index is 11.6. The Kier molecular flexibility index (Phi) is 3.85. The molecule has 0 aromatic heterocycles. The minimum Gasteiger partial charge on any atom is -0.390 e. The summed E-state index contributed by atoms with van der Waals surface area (Å²) in [5, 5.41) is 9.70. The summed E-state index contributed by atoms with van der Waals surface area (Å²) in [6, 6.07) is 0. The van der Waals surface area contributed by atoms with Gasteiger partial charge >= 0.3 is 0 Å². The number of hydrogen-bond acceptors (Lipinski definition) is 3. The number of carbonyl (C=O) groups excluding carboxylic acids is 2. The van der Waals surface area contributed by atoms with Gasteiger partial charge in [-0.1, -0.05) is 0 Å². The van der Waals surface area contributed by atoms with E-state index in [1.807, 2.05) is 0 Å². The topological polar surface area (TPSA) is 57.6 Å². The van der Waals surface area contributed by atoms with Crippen molar-refractivity contribution in [3.05, 3.63) is 0 Å². The normalized spacial score (nSPS) is 20.1. The number of nitrogens with zero attached hydrogens (tertiary/aromatic N) is 1. The summed E-state index contributed by atoms with van der Waals surface area (Å²) < 4.78 is 0. The van der Waals surface area contributed by atoms with Gasteiger partial charge in [0.05, 0.1) is 5.60 Å². The lowest BCUT2D eigenvalue weighted by molar-refractivity contribution is -0.136. The molecular weight excluding hydrogens is 194 g/mol. The Morgan fingerprint density at radius 2 is 1.80 bits per heavy atom. The average Bonchev–Trinajstić information content (AvgIpc) is 2.14. The highest BCUT2D eigenvalue weighted by Gasteiger charge is 2.29. The third-order valence-corrected chi connectivity index (χ3v) is 2.88. The van der Waals surface area contributed by atoms with Crippen LogP contribution in [0.25, 0.3) is 0 Å². The number of carbonyl (C=O) groups is 2. The van der Waals surface area contributed by atoms with E-state index in [2.05, 4.69) is 0 Å². The maximum Gasteiger partial charge on any atom is 0.223 e. The van der Waals surface area contributed by atoms with Crippen molar-refractivity contribution in [3.8, 4) is 0 Å². The van der Waals surface area contributed by atoms with Crippen LogP contribution < -0.4 is 0 Å². The number of aliphatic hydroxyl groups is 1. The summed E-state index contributed by atoms with van der Waals surface area (Å²) >= 11 is 0. The quantitative estimate of drug-likeness (QED) is 0.752. The third-order valence-electron chi connectivity index (χ3n) is 2.88. The molecule has 0 bridgehead atoms. The number of hydrogen-bond donors (Lipinski definition) is 1. The van der Waals surface area contributed by atoms with Gasteiger partial charge in [-0.25, -0.2) is 0 Å². The highest BCUT2D eigenvalue weighted by molar-refractivity contribution is 5.83.